The Morgan fingerprint density at radius 1 is 1.45 bits per heavy atom. The van der Waals surface area contributed by atoms with E-state index in [0.717, 1.165) is 6.42 Å². The summed E-state index contributed by atoms with van der Waals surface area (Å²) in [5, 5.41) is 11.4. The first-order valence-electron chi connectivity index (χ1n) is 6.42. The van der Waals surface area contributed by atoms with Gasteiger partial charge in [0.15, 0.2) is 0 Å². The minimum atomic E-state index is -1.19. The Bertz CT molecular complexity index is 496. The van der Waals surface area contributed by atoms with Gasteiger partial charge in [-0.15, -0.1) is 0 Å². The molecule has 1 atom stereocenters. The molecule has 7 nitrogen and oxygen atoms in total. The van der Waals surface area contributed by atoms with Gasteiger partial charge < -0.3 is 20.7 Å². The van der Waals surface area contributed by atoms with Crippen molar-refractivity contribution in [3.63, 3.8) is 0 Å². The van der Waals surface area contributed by atoms with Gasteiger partial charge in [-0.1, -0.05) is 6.92 Å². The van der Waals surface area contributed by atoms with E-state index >= 15 is 0 Å². The van der Waals surface area contributed by atoms with Crippen LogP contribution in [0.1, 0.15) is 36.7 Å². The van der Waals surface area contributed by atoms with Crippen LogP contribution in [0.2, 0.25) is 0 Å². The number of aryl methyl sites for hydroxylation is 1. The summed E-state index contributed by atoms with van der Waals surface area (Å²) in [5.74, 6) is -2.26. The first-order chi connectivity index (χ1) is 9.45. The number of amides is 2. The fraction of sp³-hybridized carbons (Fsp3) is 0.462. The number of carboxylic acid groups (broad SMARTS) is 1. The summed E-state index contributed by atoms with van der Waals surface area (Å²) >= 11 is 0. The summed E-state index contributed by atoms with van der Waals surface area (Å²) < 4.78 is 1.75. The molecule has 4 N–H and O–H groups in total. The molecular weight excluding hydrogens is 262 g/mol. The molecule has 2 amide bonds. The van der Waals surface area contributed by atoms with Crippen LogP contribution in [-0.4, -0.2) is 33.5 Å². The summed E-state index contributed by atoms with van der Waals surface area (Å²) in [6, 6.07) is 2.22. The summed E-state index contributed by atoms with van der Waals surface area (Å²) in [6.07, 6.45) is 2.51. The molecule has 0 aliphatic heterocycles. The fourth-order valence-electron chi connectivity index (χ4n) is 1.83. The molecule has 1 aromatic rings. The summed E-state index contributed by atoms with van der Waals surface area (Å²) in [5.41, 5.74) is 5.38. The van der Waals surface area contributed by atoms with Crippen LogP contribution in [0.15, 0.2) is 18.3 Å². The van der Waals surface area contributed by atoms with Crippen molar-refractivity contribution in [3.8, 4) is 0 Å². The second-order valence-corrected chi connectivity index (χ2v) is 4.46. The zero-order valence-corrected chi connectivity index (χ0v) is 11.3. The lowest BCUT2D eigenvalue weighted by molar-refractivity contribution is -0.139. The Hall–Kier alpha value is -2.31. The first kappa shape index (κ1) is 15.7. The molecule has 110 valence electrons. The molecule has 7 heteroatoms. The SMILES string of the molecule is CCCn1cccc1C(=O)NC(CCC(N)=O)C(=O)O. The van der Waals surface area contributed by atoms with Crippen LogP contribution in [0, 0.1) is 0 Å². The van der Waals surface area contributed by atoms with Crippen molar-refractivity contribution in [1.29, 1.82) is 0 Å². The van der Waals surface area contributed by atoms with Gasteiger partial charge in [0.1, 0.15) is 11.7 Å². The molecule has 20 heavy (non-hydrogen) atoms. The minimum Gasteiger partial charge on any atom is -0.480 e. The largest absolute Gasteiger partial charge is 0.480 e. The quantitative estimate of drug-likeness (QED) is 0.637. The van der Waals surface area contributed by atoms with Gasteiger partial charge in [-0.2, -0.15) is 0 Å². The number of nitrogens with one attached hydrogen (secondary N) is 1. The van der Waals surface area contributed by atoms with Crippen molar-refractivity contribution >= 4 is 17.8 Å². The van der Waals surface area contributed by atoms with Crippen LogP contribution in [0.3, 0.4) is 0 Å². The van der Waals surface area contributed by atoms with E-state index < -0.39 is 23.8 Å². The lowest BCUT2D eigenvalue weighted by Crippen LogP contribution is -2.42. The standard InChI is InChI=1S/C13H19N3O4/c1-2-7-16-8-3-4-10(16)12(18)15-9(13(19)20)5-6-11(14)17/h3-4,8-9H,2,5-7H2,1H3,(H2,14,17)(H,15,18)(H,19,20). The number of hydrogen-bond donors (Lipinski definition) is 3. The van der Waals surface area contributed by atoms with Crippen molar-refractivity contribution in [2.45, 2.75) is 38.8 Å². The number of primary amides is 1. The zero-order valence-electron chi connectivity index (χ0n) is 11.3. The average molecular weight is 281 g/mol. The third-order valence-corrected chi connectivity index (χ3v) is 2.81. The minimum absolute atomic E-state index is 0.0229. The van der Waals surface area contributed by atoms with Gasteiger partial charge in [-0.3, -0.25) is 9.59 Å². The molecular formula is C13H19N3O4. The van der Waals surface area contributed by atoms with Crippen LogP contribution in [0.5, 0.6) is 0 Å². The molecule has 0 bridgehead atoms. The molecule has 0 fully saturated rings. The van der Waals surface area contributed by atoms with Crippen molar-refractivity contribution in [2.24, 2.45) is 5.73 Å². The maximum atomic E-state index is 12.0. The van der Waals surface area contributed by atoms with Gasteiger partial charge in [0.25, 0.3) is 5.91 Å². The molecule has 0 aliphatic carbocycles. The highest BCUT2D eigenvalue weighted by molar-refractivity contribution is 5.95. The highest BCUT2D eigenvalue weighted by atomic mass is 16.4. The summed E-state index contributed by atoms with van der Waals surface area (Å²) in [6.45, 7) is 2.66. The van der Waals surface area contributed by atoms with Gasteiger partial charge in [-0.05, 0) is 25.0 Å². The molecule has 1 rings (SSSR count). The van der Waals surface area contributed by atoms with Crippen molar-refractivity contribution in [3.05, 3.63) is 24.0 Å². The van der Waals surface area contributed by atoms with Gasteiger partial charge in [-0.25, -0.2) is 4.79 Å². The first-order valence-corrected chi connectivity index (χ1v) is 6.42. The predicted octanol–water partition coefficient (Wildman–Crippen LogP) is 0.347. The molecule has 0 radical (unpaired) electrons. The lowest BCUT2D eigenvalue weighted by Gasteiger charge is -2.14. The van der Waals surface area contributed by atoms with Crippen LogP contribution >= 0.6 is 0 Å². The second kappa shape index (κ2) is 7.32. The molecule has 0 aliphatic rings. The topological polar surface area (TPSA) is 114 Å². The van der Waals surface area contributed by atoms with Gasteiger partial charge in [0.05, 0.1) is 0 Å². The number of carboxylic acids is 1. The molecule has 0 saturated carbocycles. The van der Waals surface area contributed by atoms with Gasteiger partial charge >= 0.3 is 5.97 Å². The van der Waals surface area contributed by atoms with E-state index in [1.54, 1.807) is 22.9 Å². The van der Waals surface area contributed by atoms with E-state index in [1.807, 2.05) is 6.92 Å². The maximum absolute atomic E-state index is 12.0. The van der Waals surface area contributed by atoms with Crippen molar-refractivity contribution in [2.75, 3.05) is 0 Å². The molecule has 1 unspecified atom stereocenters. The molecule has 1 heterocycles. The number of hydrogen-bond acceptors (Lipinski definition) is 3. The molecule has 0 aromatic carbocycles. The number of rotatable bonds is 8. The van der Waals surface area contributed by atoms with Crippen LogP contribution < -0.4 is 11.1 Å². The fourth-order valence-corrected chi connectivity index (χ4v) is 1.83. The second-order valence-electron chi connectivity index (χ2n) is 4.46. The van der Waals surface area contributed by atoms with E-state index in [-0.39, 0.29) is 12.8 Å². The van der Waals surface area contributed by atoms with E-state index in [1.165, 1.54) is 0 Å². The lowest BCUT2D eigenvalue weighted by atomic mass is 10.1. The third kappa shape index (κ3) is 4.42. The summed E-state index contributed by atoms with van der Waals surface area (Å²) in [7, 11) is 0. The monoisotopic (exact) mass is 281 g/mol. The Morgan fingerprint density at radius 3 is 2.70 bits per heavy atom. The van der Waals surface area contributed by atoms with Gasteiger partial charge in [0.2, 0.25) is 5.91 Å². The van der Waals surface area contributed by atoms with E-state index in [2.05, 4.69) is 5.32 Å². The molecule has 1 aromatic heterocycles. The number of nitrogens with zero attached hydrogens (tertiary/aromatic N) is 1. The number of nitrogens with two attached hydrogens (primary N) is 1. The third-order valence-electron chi connectivity index (χ3n) is 2.81. The van der Waals surface area contributed by atoms with Crippen molar-refractivity contribution < 1.29 is 19.5 Å². The maximum Gasteiger partial charge on any atom is 0.326 e. The highest BCUT2D eigenvalue weighted by Gasteiger charge is 2.22. The number of carbonyl (C=O) groups excluding carboxylic acids is 2. The smallest absolute Gasteiger partial charge is 0.326 e. The van der Waals surface area contributed by atoms with Crippen LogP contribution in [-0.2, 0) is 16.1 Å². The number of aliphatic carboxylic acids is 1. The Morgan fingerprint density at radius 2 is 2.15 bits per heavy atom. The molecule has 0 saturated heterocycles. The Balaban J connectivity index is 2.72. The molecule has 0 spiro atoms. The average Bonchev–Trinajstić information content (AvgIpc) is 2.82. The van der Waals surface area contributed by atoms with Crippen molar-refractivity contribution in [1.82, 2.24) is 9.88 Å². The Labute approximate surface area is 116 Å². The van der Waals surface area contributed by atoms with E-state index in [4.69, 9.17) is 10.8 Å². The number of carbonyl (C=O) groups is 3. The highest BCUT2D eigenvalue weighted by Crippen LogP contribution is 2.06. The zero-order chi connectivity index (χ0) is 15.1. The van der Waals surface area contributed by atoms with Crippen LogP contribution in [0.25, 0.3) is 0 Å². The summed E-state index contributed by atoms with van der Waals surface area (Å²) in [4.78, 5) is 33.8. The van der Waals surface area contributed by atoms with E-state index in [9.17, 15) is 14.4 Å². The predicted molar refractivity (Wildman–Crippen MR) is 72.0 cm³/mol. The van der Waals surface area contributed by atoms with Gasteiger partial charge in [0, 0.05) is 19.2 Å². The van der Waals surface area contributed by atoms with E-state index in [0.29, 0.717) is 12.2 Å². The number of aromatic nitrogens is 1. The van der Waals surface area contributed by atoms with Crippen LogP contribution in [0.4, 0.5) is 0 Å². The normalized spacial score (nSPS) is 11.8. The Kier molecular flexibility index (Phi) is 5.76.